The Bertz CT molecular complexity index is 1620. The number of amides is 2. The number of carboxylic acid groups (broad SMARTS) is 1. The zero-order valence-electron chi connectivity index (χ0n) is 20.1. The van der Waals surface area contributed by atoms with E-state index in [1.807, 2.05) is 6.07 Å². The number of anilines is 1. The van der Waals surface area contributed by atoms with Gasteiger partial charge in [-0.1, -0.05) is 0 Å². The smallest absolute Gasteiger partial charge is 0.414 e. The summed E-state index contributed by atoms with van der Waals surface area (Å²) in [6.45, 7) is 0.0501. The number of hydrogen-bond donors (Lipinski definition) is 1. The maximum Gasteiger partial charge on any atom is 0.414 e. The van der Waals surface area contributed by atoms with Gasteiger partial charge < -0.3 is 14.7 Å². The minimum atomic E-state index is -1.37. The SMILES string of the molecule is CN(C)C(=O)c1cc(-c2cnc(N(Cc3c(F)ccc4c3CCO4)C(=O)O)n3cc(C#N)nc23)n(C)n1. The van der Waals surface area contributed by atoms with Crippen LogP contribution >= 0.6 is 0 Å². The highest BCUT2D eigenvalue weighted by molar-refractivity contribution is 5.94. The van der Waals surface area contributed by atoms with Gasteiger partial charge in [0.05, 0.1) is 30.6 Å². The Hall–Kier alpha value is -4.99. The van der Waals surface area contributed by atoms with Crippen LogP contribution in [0.1, 0.15) is 27.3 Å². The third kappa shape index (κ3) is 3.98. The van der Waals surface area contributed by atoms with Crippen LogP contribution in [0.4, 0.5) is 15.1 Å². The van der Waals surface area contributed by atoms with Crippen LogP contribution < -0.4 is 9.64 Å². The van der Waals surface area contributed by atoms with Crippen molar-refractivity contribution in [1.82, 2.24) is 29.0 Å². The molecule has 5 rings (SSSR count). The predicted molar refractivity (Wildman–Crippen MR) is 128 cm³/mol. The van der Waals surface area contributed by atoms with Crippen LogP contribution in [0.3, 0.4) is 0 Å². The van der Waals surface area contributed by atoms with Crippen LogP contribution in [0.15, 0.2) is 30.6 Å². The van der Waals surface area contributed by atoms with Crippen molar-refractivity contribution in [1.29, 1.82) is 5.26 Å². The van der Waals surface area contributed by atoms with Gasteiger partial charge in [-0.2, -0.15) is 10.4 Å². The first-order chi connectivity index (χ1) is 17.7. The van der Waals surface area contributed by atoms with Gasteiger partial charge in [0.15, 0.2) is 17.0 Å². The summed E-state index contributed by atoms with van der Waals surface area (Å²) < 4.78 is 23.2. The number of aryl methyl sites for hydroxylation is 1. The van der Waals surface area contributed by atoms with Crippen LogP contribution in [0, 0.1) is 17.1 Å². The molecule has 1 N–H and O–H groups in total. The van der Waals surface area contributed by atoms with E-state index in [2.05, 4.69) is 15.1 Å². The highest BCUT2D eigenvalue weighted by Gasteiger charge is 2.28. The van der Waals surface area contributed by atoms with Crippen LogP contribution in [0.5, 0.6) is 5.75 Å². The minimum Gasteiger partial charge on any atom is -0.493 e. The molecule has 0 bridgehead atoms. The maximum atomic E-state index is 14.8. The minimum absolute atomic E-state index is 0.0211. The van der Waals surface area contributed by atoms with Crippen molar-refractivity contribution < 1.29 is 23.8 Å². The molecule has 13 heteroatoms. The summed E-state index contributed by atoms with van der Waals surface area (Å²) in [5.41, 5.74) is 2.14. The molecule has 4 heterocycles. The van der Waals surface area contributed by atoms with Crippen LogP contribution in [-0.2, 0) is 20.0 Å². The van der Waals surface area contributed by atoms with Crippen molar-refractivity contribution >= 4 is 23.6 Å². The molecule has 0 spiro atoms. The number of nitrogens with zero attached hydrogens (tertiary/aromatic N) is 8. The second-order valence-electron chi connectivity index (χ2n) is 8.61. The summed E-state index contributed by atoms with van der Waals surface area (Å²) in [5.74, 6) is -0.423. The number of hydrogen-bond acceptors (Lipinski definition) is 7. The Morgan fingerprint density at radius 3 is 2.81 bits per heavy atom. The number of fused-ring (bicyclic) bond motifs is 2. The Balaban J connectivity index is 1.65. The van der Waals surface area contributed by atoms with E-state index in [-0.39, 0.29) is 41.0 Å². The number of nitriles is 1. The van der Waals surface area contributed by atoms with Crippen LogP contribution in [0.25, 0.3) is 16.9 Å². The quantitative estimate of drug-likeness (QED) is 0.437. The number of halogens is 1. The van der Waals surface area contributed by atoms with Gasteiger partial charge in [-0.05, 0) is 18.2 Å². The summed E-state index contributed by atoms with van der Waals surface area (Å²) in [7, 11) is 4.86. The van der Waals surface area contributed by atoms with Gasteiger partial charge in [-0.3, -0.25) is 13.9 Å². The van der Waals surface area contributed by atoms with E-state index in [0.29, 0.717) is 35.6 Å². The Morgan fingerprint density at radius 2 is 2.11 bits per heavy atom. The van der Waals surface area contributed by atoms with Gasteiger partial charge in [-0.25, -0.2) is 24.1 Å². The molecule has 0 unspecified atom stereocenters. The fraction of sp³-hybridized carbons (Fsp3) is 0.250. The second-order valence-corrected chi connectivity index (χ2v) is 8.61. The van der Waals surface area contributed by atoms with Crippen molar-refractivity contribution in [2.75, 3.05) is 25.6 Å². The molecule has 0 radical (unpaired) electrons. The lowest BCUT2D eigenvalue weighted by Crippen LogP contribution is -2.32. The second kappa shape index (κ2) is 8.90. The third-order valence-electron chi connectivity index (χ3n) is 6.10. The van der Waals surface area contributed by atoms with E-state index >= 15 is 0 Å². The highest BCUT2D eigenvalue weighted by Crippen LogP contribution is 2.33. The molecule has 1 aliphatic rings. The zero-order chi connectivity index (χ0) is 26.4. The molecule has 0 saturated carbocycles. The highest BCUT2D eigenvalue weighted by atomic mass is 19.1. The van der Waals surface area contributed by atoms with E-state index < -0.39 is 11.9 Å². The molecule has 0 saturated heterocycles. The van der Waals surface area contributed by atoms with E-state index in [1.54, 1.807) is 27.2 Å². The molecule has 1 aliphatic heterocycles. The van der Waals surface area contributed by atoms with Gasteiger partial charge in [0.25, 0.3) is 5.91 Å². The molecule has 0 aliphatic carbocycles. The van der Waals surface area contributed by atoms with Gasteiger partial charge in [0.2, 0.25) is 5.95 Å². The van der Waals surface area contributed by atoms with Crippen molar-refractivity contribution in [2.24, 2.45) is 7.05 Å². The molecular weight excluding hydrogens is 483 g/mol. The fourth-order valence-electron chi connectivity index (χ4n) is 4.32. The molecule has 188 valence electrons. The van der Waals surface area contributed by atoms with Crippen molar-refractivity contribution in [3.05, 3.63) is 58.9 Å². The number of carbonyl (C=O) groups excluding carboxylic acids is 1. The van der Waals surface area contributed by atoms with E-state index in [0.717, 1.165) is 4.90 Å². The van der Waals surface area contributed by atoms with Crippen molar-refractivity contribution in [3.8, 4) is 23.1 Å². The largest absolute Gasteiger partial charge is 0.493 e. The molecule has 0 atom stereocenters. The summed E-state index contributed by atoms with van der Waals surface area (Å²) in [5, 5.41) is 23.8. The van der Waals surface area contributed by atoms with E-state index in [9.17, 15) is 24.3 Å². The summed E-state index contributed by atoms with van der Waals surface area (Å²) >= 11 is 0. The molecule has 2 amide bonds. The van der Waals surface area contributed by atoms with E-state index in [4.69, 9.17) is 4.74 Å². The van der Waals surface area contributed by atoms with Crippen molar-refractivity contribution in [3.63, 3.8) is 0 Å². The summed E-state index contributed by atoms with van der Waals surface area (Å²) in [4.78, 5) is 35.8. The normalized spacial score (nSPS) is 12.2. The Morgan fingerprint density at radius 1 is 1.32 bits per heavy atom. The molecule has 3 aromatic heterocycles. The first-order valence-electron chi connectivity index (χ1n) is 11.2. The number of rotatable bonds is 5. The monoisotopic (exact) mass is 504 g/mol. The van der Waals surface area contributed by atoms with Crippen molar-refractivity contribution in [2.45, 2.75) is 13.0 Å². The van der Waals surface area contributed by atoms with Gasteiger partial charge >= 0.3 is 6.09 Å². The lowest BCUT2D eigenvalue weighted by molar-refractivity contribution is 0.0821. The van der Waals surface area contributed by atoms with Crippen LogP contribution in [-0.4, -0.2) is 66.9 Å². The average Bonchev–Trinajstić information content (AvgIpc) is 3.60. The predicted octanol–water partition coefficient (Wildman–Crippen LogP) is 2.46. The summed E-state index contributed by atoms with van der Waals surface area (Å²) in [6, 6.07) is 6.28. The Labute approximate surface area is 209 Å². The number of benzene rings is 1. The molecule has 12 nitrogen and oxygen atoms in total. The first-order valence-corrected chi connectivity index (χ1v) is 11.2. The van der Waals surface area contributed by atoms with Gasteiger partial charge in [0, 0.05) is 44.9 Å². The topological polar surface area (TPSA) is 142 Å². The molecule has 37 heavy (non-hydrogen) atoms. The molecule has 0 fully saturated rings. The average molecular weight is 504 g/mol. The van der Waals surface area contributed by atoms with E-state index in [1.165, 1.54) is 38.5 Å². The molecule has 1 aromatic carbocycles. The zero-order valence-corrected chi connectivity index (χ0v) is 20.1. The maximum absolute atomic E-state index is 14.8. The van der Waals surface area contributed by atoms with Gasteiger partial charge in [-0.15, -0.1) is 0 Å². The summed E-state index contributed by atoms with van der Waals surface area (Å²) in [6.07, 6.45) is 1.83. The molecule has 4 aromatic rings. The number of aromatic nitrogens is 5. The number of imidazole rings is 1. The lowest BCUT2D eigenvalue weighted by Gasteiger charge is -2.21. The standard InChI is InChI=1S/C24H21FN8O4/c1-30(2)22(34)18-8-19(31(3)29-18)15-10-27-23(32-11-13(9-26)28-21(15)32)33(24(35)36)12-16-14-6-7-37-20(14)5-4-17(16)25/h4-5,8,10-11H,6-7,12H2,1-3H3,(H,35,36). The fourth-order valence-corrected chi connectivity index (χ4v) is 4.32. The number of carbonyl (C=O) groups is 2. The third-order valence-corrected chi connectivity index (χ3v) is 6.10. The molecular formula is C24H21FN8O4. The Kier molecular flexibility index (Phi) is 5.71. The lowest BCUT2D eigenvalue weighted by atomic mass is 10.0. The van der Waals surface area contributed by atoms with Gasteiger partial charge in [0.1, 0.15) is 17.6 Å². The first kappa shape index (κ1) is 23.7. The van der Waals surface area contributed by atoms with Crippen LogP contribution in [0.2, 0.25) is 0 Å². The number of ether oxygens (including phenoxy) is 1.